The highest BCUT2D eigenvalue weighted by Gasteiger charge is 2.02. The number of anilines is 1. The maximum absolute atomic E-state index is 8.74. The zero-order chi connectivity index (χ0) is 16.0. The van der Waals surface area contributed by atoms with Crippen LogP contribution in [0.3, 0.4) is 0 Å². The molecule has 2 rings (SSSR count). The Balaban J connectivity index is 0.000000383. The monoisotopic (exact) mass is 351 g/mol. The fraction of sp³-hybridized carbons (Fsp3) is 0. The van der Waals surface area contributed by atoms with Crippen molar-refractivity contribution in [1.29, 1.82) is 0 Å². The van der Waals surface area contributed by atoms with Gasteiger partial charge in [0.25, 0.3) is 0 Å². The summed E-state index contributed by atoms with van der Waals surface area (Å²) in [4.78, 5) is 0. The number of rotatable bonds is 2. The maximum atomic E-state index is 8.74. The van der Waals surface area contributed by atoms with Gasteiger partial charge in [-0.15, -0.1) is 0 Å². The molecular formula is C12H11Cl2NO5S. The molecule has 0 atom stereocenters. The normalized spacial score (nSPS) is 10.5. The Morgan fingerprint density at radius 1 is 0.952 bits per heavy atom. The molecule has 0 fully saturated rings. The predicted octanol–water partition coefficient (Wildman–Crippen LogP) is 3.72. The summed E-state index contributed by atoms with van der Waals surface area (Å²) in [7, 11) is -4.67. The molecule has 0 aliphatic rings. The van der Waals surface area contributed by atoms with Crippen LogP contribution in [0.2, 0.25) is 10.0 Å². The van der Waals surface area contributed by atoms with Gasteiger partial charge >= 0.3 is 10.4 Å². The highest BCUT2D eigenvalue weighted by atomic mass is 35.5. The van der Waals surface area contributed by atoms with Crippen LogP contribution in [0.5, 0.6) is 11.5 Å². The third-order valence-electron chi connectivity index (χ3n) is 2.01. The minimum Gasteiger partial charge on any atom is -0.455 e. The summed E-state index contributed by atoms with van der Waals surface area (Å²) in [5.41, 5.74) is 6.27. The van der Waals surface area contributed by atoms with Gasteiger partial charge in [-0.2, -0.15) is 8.42 Å². The van der Waals surface area contributed by atoms with Crippen molar-refractivity contribution in [2.24, 2.45) is 0 Å². The van der Waals surface area contributed by atoms with Gasteiger partial charge in [-0.05, 0) is 42.5 Å². The molecule has 0 bridgehead atoms. The smallest absolute Gasteiger partial charge is 0.394 e. The second-order valence-corrected chi connectivity index (χ2v) is 5.45. The lowest BCUT2D eigenvalue weighted by Gasteiger charge is -2.08. The summed E-state index contributed by atoms with van der Waals surface area (Å²) in [6, 6.07) is 12.2. The average Bonchev–Trinajstić information content (AvgIpc) is 2.33. The van der Waals surface area contributed by atoms with Crippen molar-refractivity contribution >= 4 is 39.3 Å². The molecule has 114 valence electrons. The fourth-order valence-electron chi connectivity index (χ4n) is 1.24. The molecule has 0 unspecified atom stereocenters. The van der Waals surface area contributed by atoms with E-state index in [1.54, 1.807) is 42.5 Å². The van der Waals surface area contributed by atoms with E-state index in [-0.39, 0.29) is 0 Å². The highest BCUT2D eigenvalue weighted by Crippen LogP contribution is 2.30. The Hall–Kier alpha value is -1.51. The first-order valence-corrected chi connectivity index (χ1v) is 7.49. The van der Waals surface area contributed by atoms with Gasteiger partial charge in [-0.3, -0.25) is 9.11 Å². The van der Waals surface area contributed by atoms with E-state index in [0.717, 1.165) is 0 Å². The first kappa shape index (κ1) is 17.5. The minimum absolute atomic E-state index is 0.502. The van der Waals surface area contributed by atoms with E-state index in [1.165, 1.54) is 0 Å². The molecule has 4 N–H and O–H groups in total. The summed E-state index contributed by atoms with van der Waals surface area (Å²) in [6.45, 7) is 0. The molecule has 0 spiro atoms. The van der Waals surface area contributed by atoms with E-state index in [9.17, 15) is 0 Å². The lowest BCUT2D eigenvalue weighted by atomic mass is 10.3. The van der Waals surface area contributed by atoms with E-state index in [4.69, 9.17) is 51.2 Å². The molecule has 9 heteroatoms. The number of nitrogen functional groups attached to an aromatic ring is 1. The molecule has 0 heterocycles. The number of ether oxygens (including phenoxy) is 1. The van der Waals surface area contributed by atoms with Gasteiger partial charge in [0.05, 0.1) is 5.69 Å². The van der Waals surface area contributed by atoms with Crippen molar-refractivity contribution < 1.29 is 22.3 Å². The molecule has 0 aliphatic heterocycles. The van der Waals surface area contributed by atoms with E-state index in [0.29, 0.717) is 27.2 Å². The van der Waals surface area contributed by atoms with E-state index < -0.39 is 10.4 Å². The second-order valence-electron chi connectivity index (χ2n) is 3.69. The van der Waals surface area contributed by atoms with Gasteiger partial charge in [0, 0.05) is 10.0 Å². The Kier molecular flexibility index (Phi) is 6.25. The zero-order valence-electron chi connectivity index (χ0n) is 10.4. The van der Waals surface area contributed by atoms with Gasteiger partial charge in [0.15, 0.2) is 0 Å². The zero-order valence-corrected chi connectivity index (χ0v) is 12.7. The van der Waals surface area contributed by atoms with Crippen molar-refractivity contribution in [2.75, 3.05) is 5.73 Å². The SMILES string of the molecule is Nc1cc(Cl)ccc1Oc1ccc(Cl)cc1.O=S(=O)(O)O. The van der Waals surface area contributed by atoms with Crippen LogP contribution in [0.4, 0.5) is 5.69 Å². The van der Waals surface area contributed by atoms with Crippen LogP contribution in [0.25, 0.3) is 0 Å². The molecule has 0 radical (unpaired) electrons. The Bertz CT molecular complexity index is 696. The number of benzene rings is 2. The fourth-order valence-corrected chi connectivity index (χ4v) is 1.55. The number of halogens is 2. The van der Waals surface area contributed by atoms with Gasteiger partial charge in [-0.25, -0.2) is 0 Å². The third-order valence-corrected chi connectivity index (χ3v) is 2.50. The Morgan fingerprint density at radius 3 is 1.90 bits per heavy atom. The number of hydrogen-bond acceptors (Lipinski definition) is 4. The second kappa shape index (κ2) is 7.48. The summed E-state index contributed by atoms with van der Waals surface area (Å²) in [6.07, 6.45) is 0. The molecule has 0 saturated heterocycles. The van der Waals surface area contributed by atoms with Crippen LogP contribution >= 0.6 is 23.2 Å². The topological polar surface area (TPSA) is 110 Å². The van der Waals surface area contributed by atoms with Crippen LogP contribution in [0.1, 0.15) is 0 Å². The Labute approximate surface area is 131 Å². The van der Waals surface area contributed by atoms with Crippen molar-refractivity contribution in [3.63, 3.8) is 0 Å². The summed E-state index contributed by atoms with van der Waals surface area (Å²) < 4.78 is 37.2. The average molecular weight is 352 g/mol. The molecule has 2 aromatic carbocycles. The van der Waals surface area contributed by atoms with E-state index in [1.807, 2.05) is 0 Å². The molecule has 6 nitrogen and oxygen atoms in total. The van der Waals surface area contributed by atoms with Gasteiger partial charge in [0.1, 0.15) is 11.5 Å². The molecular weight excluding hydrogens is 341 g/mol. The molecule has 2 aromatic rings. The first-order chi connectivity index (χ1) is 9.65. The number of nitrogens with two attached hydrogens (primary N) is 1. The summed E-state index contributed by atoms with van der Waals surface area (Å²) in [5, 5.41) is 1.25. The lowest BCUT2D eigenvalue weighted by Crippen LogP contribution is -1.91. The van der Waals surface area contributed by atoms with Gasteiger partial charge in [-0.1, -0.05) is 23.2 Å². The highest BCUT2D eigenvalue weighted by molar-refractivity contribution is 7.79. The Morgan fingerprint density at radius 2 is 1.43 bits per heavy atom. The minimum atomic E-state index is -4.67. The van der Waals surface area contributed by atoms with Gasteiger partial charge < -0.3 is 10.5 Å². The van der Waals surface area contributed by atoms with E-state index in [2.05, 4.69) is 0 Å². The van der Waals surface area contributed by atoms with Crippen molar-refractivity contribution in [3.05, 3.63) is 52.5 Å². The van der Waals surface area contributed by atoms with Crippen LogP contribution < -0.4 is 10.5 Å². The predicted molar refractivity (Wildman–Crippen MR) is 81.6 cm³/mol. The number of hydrogen-bond donors (Lipinski definition) is 3. The van der Waals surface area contributed by atoms with Crippen molar-refractivity contribution in [1.82, 2.24) is 0 Å². The van der Waals surface area contributed by atoms with Crippen molar-refractivity contribution in [3.8, 4) is 11.5 Å². The van der Waals surface area contributed by atoms with Crippen LogP contribution in [0, 0.1) is 0 Å². The molecule has 21 heavy (non-hydrogen) atoms. The maximum Gasteiger partial charge on any atom is 0.394 e. The largest absolute Gasteiger partial charge is 0.455 e. The lowest BCUT2D eigenvalue weighted by molar-refractivity contribution is 0.381. The molecule has 0 amide bonds. The van der Waals surface area contributed by atoms with Crippen LogP contribution in [0.15, 0.2) is 42.5 Å². The van der Waals surface area contributed by atoms with Crippen molar-refractivity contribution in [2.45, 2.75) is 0 Å². The van der Waals surface area contributed by atoms with Crippen LogP contribution in [-0.2, 0) is 10.4 Å². The van der Waals surface area contributed by atoms with E-state index >= 15 is 0 Å². The molecule has 0 aliphatic carbocycles. The first-order valence-electron chi connectivity index (χ1n) is 5.33. The van der Waals surface area contributed by atoms with Crippen LogP contribution in [-0.4, -0.2) is 17.5 Å². The molecule has 0 aromatic heterocycles. The molecule has 0 saturated carbocycles. The summed E-state index contributed by atoms with van der Waals surface area (Å²) >= 11 is 11.6. The summed E-state index contributed by atoms with van der Waals surface area (Å²) in [5.74, 6) is 1.25. The quantitative estimate of drug-likeness (QED) is 0.561. The third kappa shape index (κ3) is 7.74. The standard InChI is InChI=1S/C12H9Cl2NO.H2O4S/c13-8-1-4-10(5-2-8)16-12-6-3-9(14)7-11(12)15;1-5(2,3)4/h1-7H,15H2;(H2,1,2,3,4). The van der Waals surface area contributed by atoms with Gasteiger partial charge in [0.2, 0.25) is 0 Å².